The third-order valence-corrected chi connectivity index (χ3v) is 2.06. The summed E-state index contributed by atoms with van der Waals surface area (Å²) < 4.78 is 0. The second-order valence-corrected chi connectivity index (χ2v) is 3.29. The van der Waals surface area contributed by atoms with Crippen LogP contribution in [0.1, 0.15) is 26.3 Å². The molecule has 0 aromatic heterocycles. The smallest absolute Gasteiger partial charge is 0.221 e. The van der Waals surface area contributed by atoms with E-state index in [1.165, 1.54) is 6.92 Å². The molecule has 1 aromatic carbocycles. The number of anilines is 1. The van der Waals surface area contributed by atoms with E-state index < -0.39 is 0 Å². The predicted octanol–water partition coefficient (Wildman–Crippen LogP) is 3.10. The molecule has 0 aliphatic rings. The number of nitrogens with zero attached hydrogens (tertiary/aromatic N) is 1. The van der Waals surface area contributed by atoms with Crippen molar-refractivity contribution in [1.82, 2.24) is 0 Å². The van der Waals surface area contributed by atoms with Crippen LogP contribution in [-0.2, 0) is 4.79 Å². The number of allylic oxidation sites excluding steroid dienone is 1. The number of nitrogens with one attached hydrogen (secondary N) is 1. The minimum absolute atomic E-state index is 0.0802. The standard InChI is InChI=1S/C13H16N2O/c1-4-12(14-5-2)11-8-6-7-9-13(11)15-10(3)16/h4-9H,1-3H3,(H,15,16)/b12-4-,14-5-. The van der Waals surface area contributed by atoms with Gasteiger partial charge in [-0.3, -0.25) is 9.79 Å². The fraction of sp³-hybridized carbons (Fsp3) is 0.231. The van der Waals surface area contributed by atoms with E-state index in [-0.39, 0.29) is 5.91 Å². The van der Waals surface area contributed by atoms with Crippen LogP contribution in [0.2, 0.25) is 0 Å². The molecular formula is C13H16N2O. The van der Waals surface area contributed by atoms with Crippen LogP contribution in [0.3, 0.4) is 0 Å². The van der Waals surface area contributed by atoms with E-state index in [2.05, 4.69) is 10.3 Å². The second-order valence-electron chi connectivity index (χ2n) is 3.29. The number of hydrogen-bond donors (Lipinski definition) is 1. The Bertz CT molecular complexity index is 433. The van der Waals surface area contributed by atoms with Crippen molar-refractivity contribution in [2.75, 3.05) is 5.32 Å². The first-order valence-corrected chi connectivity index (χ1v) is 5.21. The quantitative estimate of drug-likeness (QED) is 0.775. The Kier molecular flexibility index (Phi) is 4.45. The highest BCUT2D eigenvalue weighted by molar-refractivity contribution is 5.93. The van der Waals surface area contributed by atoms with E-state index in [1.54, 1.807) is 6.21 Å². The van der Waals surface area contributed by atoms with Crippen LogP contribution in [0, 0.1) is 0 Å². The maximum Gasteiger partial charge on any atom is 0.221 e. The van der Waals surface area contributed by atoms with E-state index in [0.29, 0.717) is 0 Å². The lowest BCUT2D eigenvalue weighted by atomic mass is 10.1. The van der Waals surface area contributed by atoms with E-state index in [0.717, 1.165) is 16.9 Å². The van der Waals surface area contributed by atoms with Crippen LogP contribution in [0.25, 0.3) is 5.70 Å². The van der Waals surface area contributed by atoms with Crippen molar-refractivity contribution in [2.45, 2.75) is 20.8 Å². The molecule has 0 aliphatic carbocycles. The Labute approximate surface area is 95.9 Å². The third-order valence-electron chi connectivity index (χ3n) is 2.06. The Morgan fingerprint density at radius 2 is 2.00 bits per heavy atom. The summed E-state index contributed by atoms with van der Waals surface area (Å²) in [7, 11) is 0. The third kappa shape index (κ3) is 3.05. The Morgan fingerprint density at radius 3 is 2.56 bits per heavy atom. The molecule has 0 bridgehead atoms. The molecule has 0 aliphatic heterocycles. The zero-order chi connectivity index (χ0) is 12.0. The Balaban J connectivity index is 3.16. The van der Waals surface area contributed by atoms with Gasteiger partial charge < -0.3 is 5.32 Å². The molecule has 0 heterocycles. The van der Waals surface area contributed by atoms with Gasteiger partial charge in [-0.1, -0.05) is 24.3 Å². The van der Waals surface area contributed by atoms with Gasteiger partial charge in [0, 0.05) is 18.7 Å². The summed E-state index contributed by atoms with van der Waals surface area (Å²) in [5, 5.41) is 2.79. The molecule has 0 spiro atoms. The molecule has 1 aromatic rings. The lowest BCUT2D eigenvalue weighted by Crippen LogP contribution is -2.07. The summed E-state index contributed by atoms with van der Waals surface area (Å²) in [6.07, 6.45) is 3.65. The number of aliphatic imine (C=N–C) groups is 1. The first-order chi connectivity index (χ1) is 7.69. The number of benzene rings is 1. The maximum absolute atomic E-state index is 11.1. The van der Waals surface area contributed by atoms with E-state index >= 15 is 0 Å². The molecule has 3 nitrogen and oxygen atoms in total. The SMILES string of the molecule is C/C=N\C(=C/C)c1ccccc1NC(C)=O. The van der Waals surface area contributed by atoms with Gasteiger partial charge in [-0.25, -0.2) is 0 Å². The van der Waals surface area contributed by atoms with Crippen molar-refractivity contribution < 1.29 is 4.79 Å². The predicted molar refractivity (Wildman–Crippen MR) is 68.6 cm³/mol. The van der Waals surface area contributed by atoms with Gasteiger partial charge in [-0.15, -0.1) is 0 Å². The normalized spacial score (nSPS) is 11.8. The van der Waals surface area contributed by atoms with Crippen molar-refractivity contribution in [3.63, 3.8) is 0 Å². The first kappa shape index (κ1) is 12.2. The second kappa shape index (κ2) is 5.85. The molecule has 0 radical (unpaired) electrons. The largest absolute Gasteiger partial charge is 0.326 e. The zero-order valence-corrected chi connectivity index (χ0v) is 9.82. The summed E-state index contributed by atoms with van der Waals surface area (Å²) in [6, 6.07) is 7.62. The van der Waals surface area contributed by atoms with Gasteiger partial charge in [-0.05, 0) is 19.9 Å². The van der Waals surface area contributed by atoms with Gasteiger partial charge in [0.15, 0.2) is 0 Å². The van der Waals surface area contributed by atoms with Crippen molar-refractivity contribution in [1.29, 1.82) is 0 Å². The van der Waals surface area contributed by atoms with Crippen LogP contribution >= 0.6 is 0 Å². The molecule has 16 heavy (non-hydrogen) atoms. The summed E-state index contributed by atoms with van der Waals surface area (Å²) >= 11 is 0. The highest BCUT2D eigenvalue weighted by Gasteiger charge is 2.05. The van der Waals surface area contributed by atoms with Crippen molar-refractivity contribution >= 4 is 23.5 Å². The average Bonchev–Trinajstić information content (AvgIpc) is 2.26. The van der Waals surface area contributed by atoms with Gasteiger partial charge in [0.25, 0.3) is 0 Å². The Morgan fingerprint density at radius 1 is 1.31 bits per heavy atom. The van der Waals surface area contributed by atoms with Crippen LogP contribution < -0.4 is 5.32 Å². The number of hydrogen-bond acceptors (Lipinski definition) is 2. The van der Waals surface area contributed by atoms with Crippen LogP contribution in [-0.4, -0.2) is 12.1 Å². The molecule has 0 unspecified atom stereocenters. The fourth-order valence-corrected chi connectivity index (χ4v) is 1.44. The number of amides is 1. The molecule has 0 atom stereocenters. The summed E-state index contributed by atoms with van der Waals surface area (Å²) in [5.74, 6) is -0.0802. The van der Waals surface area contributed by atoms with E-state index in [4.69, 9.17) is 0 Å². The van der Waals surface area contributed by atoms with Crippen LogP contribution in [0.4, 0.5) is 5.69 Å². The van der Waals surface area contributed by atoms with Gasteiger partial charge in [-0.2, -0.15) is 0 Å². The van der Waals surface area contributed by atoms with Crippen LogP contribution in [0.15, 0.2) is 35.3 Å². The summed E-state index contributed by atoms with van der Waals surface area (Å²) in [4.78, 5) is 15.3. The van der Waals surface area contributed by atoms with Crippen molar-refractivity contribution in [2.24, 2.45) is 4.99 Å². The molecule has 1 N–H and O–H groups in total. The Hall–Kier alpha value is -1.90. The molecule has 1 rings (SSSR count). The maximum atomic E-state index is 11.1. The van der Waals surface area contributed by atoms with Crippen molar-refractivity contribution in [3.8, 4) is 0 Å². The van der Waals surface area contributed by atoms with E-state index in [9.17, 15) is 4.79 Å². The van der Waals surface area contributed by atoms with Gasteiger partial charge >= 0.3 is 0 Å². The average molecular weight is 216 g/mol. The van der Waals surface area contributed by atoms with Crippen molar-refractivity contribution in [3.05, 3.63) is 35.9 Å². The number of carbonyl (C=O) groups is 1. The summed E-state index contributed by atoms with van der Waals surface area (Å²) in [5.41, 5.74) is 2.57. The summed E-state index contributed by atoms with van der Waals surface area (Å²) in [6.45, 7) is 5.28. The highest BCUT2D eigenvalue weighted by atomic mass is 16.1. The van der Waals surface area contributed by atoms with Gasteiger partial charge in [0.05, 0.1) is 11.4 Å². The highest BCUT2D eigenvalue weighted by Crippen LogP contribution is 2.24. The number of para-hydroxylation sites is 1. The molecule has 0 saturated heterocycles. The minimum Gasteiger partial charge on any atom is -0.326 e. The monoisotopic (exact) mass is 216 g/mol. The van der Waals surface area contributed by atoms with Gasteiger partial charge in [0.2, 0.25) is 5.91 Å². The molecule has 3 heteroatoms. The molecule has 1 amide bonds. The topological polar surface area (TPSA) is 41.5 Å². The van der Waals surface area contributed by atoms with E-state index in [1.807, 2.05) is 44.2 Å². The lowest BCUT2D eigenvalue weighted by molar-refractivity contribution is -0.114. The molecule has 0 saturated carbocycles. The number of rotatable bonds is 3. The zero-order valence-electron chi connectivity index (χ0n) is 9.82. The fourth-order valence-electron chi connectivity index (χ4n) is 1.44. The lowest BCUT2D eigenvalue weighted by Gasteiger charge is -2.09. The van der Waals surface area contributed by atoms with Gasteiger partial charge in [0.1, 0.15) is 0 Å². The molecule has 84 valence electrons. The number of carbonyl (C=O) groups excluding carboxylic acids is 1. The first-order valence-electron chi connectivity index (χ1n) is 5.21. The molecular weight excluding hydrogens is 200 g/mol. The molecule has 0 fully saturated rings. The van der Waals surface area contributed by atoms with Crippen LogP contribution in [0.5, 0.6) is 0 Å². The minimum atomic E-state index is -0.0802.